The fourth-order valence-corrected chi connectivity index (χ4v) is 5.42. The van der Waals surface area contributed by atoms with Crippen LogP contribution in [0.1, 0.15) is 29.8 Å². The molecule has 0 saturated carbocycles. The molecule has 5 rings (SSSR count). The Bertz CT molecular complexity index is 1370. The van der Waals surface area contributed by atoms with Crippen LogP contribution in [0.2, 0.25) is 0 Å². The number of hydrogen-bond acceptors (Lipinski definition) is 7. The van der Waals surface area contributed by atoms with Crippen molar-refractivity contribution in [1.82, 2.24) is 14.3 Å². The summed E-state index contributed by atoms with van der Waals surface area (Å²) in [6.07, 6.45) is 3.69. The third-order valence-electron chi connectivity index (χ3n) is 5.67. The number of rotatable bonds is 2. The van der Waals surface area contributed by atoms with Crippen LogP contribution in [0, 0.1) is 12.8 Å². The highest BCUT2D eigenvalue weighted by molar-refractivity contribution is 7.07. The first-order chi connectivity index (χ1) is 14.3. The highest BCUT2D eigenvalue weighted by Gasteiger charge is 2.55. The van der Waals surface area contributed by atoms with Crippen LogP contribution in [-0.4, -0.2) is 33.2 Å². The lowest BCUT2D eigenvalue weighted by molar-refractivity contribution is -0.158. The number of carbonyl (C=O) groups excluding carboxylic acids is 1. The van der Waals surface area contributed by atoms with Crippen LogP contribution in [0.5, 0.6) is 5.75 Å². The highest BCUT2D eigenvalue weighted by Crippen LogP contribution is 2.47. The third kappa shape index (κ3) is 2.58. The lowest BCUT2D eigenvalue weighted by Crippen LogP contribution is -2.58. The second-order valence-electron chi connectivity index (χ2n) is 7.66. The molecular formula is C21H20N4O4S. The van der Waals surface area contributed by atoms with E-state index in [1.54, 1.807) is 16.2 Å². The topological polar surface area (TPSA) is 87.7 Å². The molecule has 0 radical (unpaired) electrons. The van der Waals surface area contributed by atoms with Crippen LogP contribution in [0.3, 0.4) is 0 Å². The predicted molar refractivity (Wildman–Crippen MR) is 110 cm³/mol. The number of hydrogen-bond donors (Lipinski definition) is 0. The molecule has 3 atom stereocenters. The largest absolute Gasteiger partial charge is 0.469 e. The van der Waals surface area contributed by atoms with Gasteiger partial charge in [0.1, 0.15) is 11.7 Å². The van der Waals surface area contributed by atoms with Crippen molar-refractivity contribution >= 4 is 23.4 Å². The summed E-state index contributed by atoms with van der Waals surface area (Å²) < 4.78 is 15.1. The number of methoxy groups -OCH3 is 1. The van der Waals surface area contributed by atoms with Crippen molar-refractivity contribution in [2.45, 2.75) is 25.6 Å². The summed E-state index contributed by atoms with van der Waals surface area (Å²) in [4.78, 5) is 31.5. The van der Waals surface area contributed by atoms with E-state index in [1.807, 2.05) is 50.5 Å². The van der Waals surface area contributed by atoms with Gasteiger partial charge < -0.3 is 9.47 Å². The standard InChI is InChI=1S/C21H20N4O4S/c1-11-12(10-24(3)23-11)9-15-18(26)25-17-13-7-5-6-8-14(13)29-21(2,22-20(25)30-15)16(17)19(27)28-4/h5-10,16-17H,1-4H3/b15-9+/t16-,17+,21+/m1/s1. The fraction of sp³-hybridized carbons (Fsp3) is 0.333. The number of fused-ring (bicyclic) bond motifs is 6. The number of esters is 1. The Morgan fingerprint density at radius 1 is 1.37 bits per heavy atom. The predicted octanol–water partition coefficient (Wildman–Crippen LogP) is 0.901. The summed E-state index contributed by atoms with van der Waals surface area (Å²) in [5.41, 5.74) is 1.11. The first-order valence-electron chi connectivity index (χ1n) is 9.51. The van der Waals surface area contributed by atoms with E-state index in [2.05, 4.69) is 5.10 Å². The van der Waals surface area contributed by atoms with Crippen LogP contribution < -0.4 is 19.6 Å². The highest BCUT2D eigenvalue weighted by atomic mass is 32.1. The fourth-order valence-electron chi connectivity index (χ4n) is 4.33. The van der Waals surface area contributed by atoms with Gasteiger partial charge in [-0.05, 0) is 26.0 Å². The van der Waals surface area contributed by atoms with Crippen molar-refractivity contribution in [2.24, 2.45) is 18.0 Å². The molecule has 8 nitrogen and oxygen atoms in total. The second-order valence-corrected chi connectivity index (χ2v) is 8.67. The van der Waals surface area contributed by atoms with Gasteiger partial charge in [0.2, 0.25) is 5.72 Å². The molecule has 30 heavy (non-hydrogen) atoms. The number of aromatic nitrogens is 3. The average Bonchev–Trinajstić information content (AvgIpc) is 3.17. The minimum Gasteiger partial charge on any atom is -0.469 e. The molecule has 0 fully saturated rings. The normalized spacial score (nSPS) is 24.5. The number of para-hydroxylation sites is 1. The Balaban J connectivity index is 1.81. The number of aryl methyl sites for hydroxylation is 2. The van der Waals surface area contributed by atoms with Crippen molar-refractivity contribution in [1.29, 1.82) is 0 Å². The van der Waals surface area contributed by atoms with Crippen molar-refractivity contribution < 1.29 is 14.3 Å². The maximum absolute atomic E-state index is 13.5. The number of ether oxygens (including phenoxy) is 2. The first kappa shape index (κ1) is 18.8. The second kappa shape index (κ2) is 6.40. The van der Waals surface area contributed by atoms with Gasteiger partial charge in [-0.25, -0.2) is 4.99 Å². The maximum atomic E-state index is 13.5. The quantitative estimate of drug-likeness (QED) is 0.571. The van der Waals surface area contributed by atoms with Crippen LogP contribution in [0.15, 0.2) is 40.2 Å². The van der Waals surface area contributed by atoms with E-state index < -0.39 is 23.7 Å². The maximum Gasteiger partial charge on any atom is 0.317 e. The van der Waals surface area contributed by atoms with Gasteiger partial charge in [-0.3, -0.25) is 18.8 Å². The summed E-state index contributed by atoms with van der Waals surface area (Å²) in [5, 5.41) is 4.34. The summed E-state index contributed by atoms with van der Waals surface area (Å²) >= 11 is 1.29. The van der Waals surface area contributed by atoms with Crippen molar-refractivity contribution in [2.75, 3.05) is 7.11 Å². The summed E-state index contributed by atoms with van der Waals surface area (Å²) in [5.74, 6) is -0.616. The van der Waals surface area contributed by atoms with Gasteiger partial charge in [-0.15, -0.1) is 0 Å². The number of nitrogens with zero attached hydrogens (tertiary/aromatic N) is 4. The molecule has 0 unspecified atom stereocenters. The minimum absolute atomic E-state index is 0.195. The van der Waals surface area contributed by atoms with Gasteiger partial charge in [0, 0.05) is 24.4 Å². The van der Waals surface area contributed by atoms with E-state index in [4.69, 9.17) is 14.5 Å². The van der Waals surface area contributed by atoms with E-state index in [9.17, 15) is 9.59 Å². The number of benzene rings is 1. The molecule has 9 heteroatoms. The number of carbonyl (C=O) groups is 1. The molecule has 4 heterocycles. The molecule has 0 spiro atoms. The molecule has 0 aliphatic carbocycles. The summed E-state index contributed by atoms with van der Waals surface area (Å²) in [6.45, 7) is 3.66. The van der Waals surface area contributed by atoms with Gasteiger partial charge in [0.15, 0.2) is 4.80 Å². The van der Waals surface area contributed by atoms with Crippen LogP contribution >= 0.6 is 11.3 Å². The van der Waals surface area contributed by atoms with E-state index in [0.717, 1.165) is 16.8 Å². The zero-order valence-corrected chi connectivity index (χ0v) is 17.8. The van der Waals surface area contributed by atoms with E-state index in [-0.39, 0.29) is 5.56 Å². The van der Waals surface area contributed by atoms with Gasteiger partial charge in [0.05, 0.1) is 23.4 Å². The average molecular weight is 424 g/mol. The lowest BCUT2D eigenvalue weighted by Gasteiger charge is -2.44. The van der Waals surface area contributed by atoms with Gasteiger partial charge in [0.25, 0.3) is 5.56 Å². The van der Waals surface area contributed by atoms with E-state index >= 15 is 0 Å². The molecule has 154 valence electrons. The Kier molecular flexibility index (Phi) is 4.01. The molecule has 1 aromatic carbocycles. The Hall–Kier alpha value is -3.20. The molecule has 0 N–H and O–H groups in total. The molecule has 2 aliphatic heterocycles. The minimum atomic E-state index is -1.16. The molecule has 0 amide bonds. The zero-order valence-electron chi connectivity index (χ0n) is 16.9. The van der Waals surface area contributed by atoms with Gasteiger partial charge >= 0.3 is 5.97 Å². The number of thiazole rings is 1. The van der Waals surface area contributed by atoms with E-state index in [0.29, 0.717) is 15.1 Å². The SMILES string of the molecule is COC(=O)[C@H]1[C@@H]2c3ccccc3O[C@]1(C)N=c1s/c(=C/c3cn(C)nc3C)c(=O)n12. The monoisotopic (exact) mass is 424 g/mol. The first-order valence-corrected chi connectivity index (χ1v) is 10.3. The Labute approximate surface area is 175 Å². The van der Waals surface area contributed by atoms with Crippen LogP contribution in [0.4, 0.5) is 0 Å². The van der Waals surface area contributed by atoms with Crippen molar-refractivity contribution in [3.63, 3.8) is 0 Å². The molecule has 2 bridgehead atoms. The summed E-state index contributed by atoms with van der Waals surface area (Å²) in [6, 6.07) is 6.88. The molecule has 2 aliphatic rings. The third-order valence-corrected chi connectivity index (χ3v) is 6.66. The van der Waals surface area contributed by atoms with Crippen LogP contribution in [-0.2, 0) is 16.6 Å². The molecule has 2 aromatic heterocycles. The van der Waals surface area contributed by atoms with Gasteiger partial charge in [-0.2, -0.15) is 5.10 Å². The molecule has 0 saturated heterocycles. The van der Waals surface area contributed by atoms with Crippen LogP contribution in [0.25, 0.3) is 6.08 Å². The van der Waals surface area contributed by atoms with Gasteiger partial charge in [-0.1, -0.05) is 29.5 Å². The summed E-state index contributed by atoms with van der Waals surface area (Å²) in [7, 11) is 3.18. The van der Waals surface area contributed by atoms with Crippen molar-refractivity contribution in [3.8, 4) is 5.75 Å². The van der Waals surface area contributed by atoms with E-state index in [1.165, 1.54) is 18.4 Å². The zero-order chi connectivity index (χ0) is 21.2. The Morgan fingerprint density at radius 2 is 2.13 bits per heavy atom. The lowest BCUT2D eigenvalue weighted by atomic mass is 9.81. The molecular weight excluding hydrogens is 404 g/mol. The smallest absolute Gasteiger partial charge is 0.317 e. The Morgan fingerprint density at radius 3 is 2.83 bits per heavy atom. The van der Waals surface area contributed by atoms with Crippen molar-refractivity contribution in [3.05, 3.63) is 67.0 Å². The molecule has 3 aromatic rings.